The molecule has 8 heteroatoms. The fraction of sp³-hybridized carbons (Fsp3) is 0.360. The summed E-state index contributed by atoms with van der Waals surface area (Å²) < 4.78 is 1.34. The second kappa shape index (κ2) is 8.68. The Morgan fingerprint density at radius 2 is 1.91 bits per heavy atom. The molecule has 0 bridgehead atoms. The summed E-state index contributed by atoms with van der Waals surface area (Å²) in [4.78, 5) is 19.6. The third-order valence-electron chi connectivity index (χ3n) is 6.54. The summed E-state index contributed by atoms with van der Waals surface area (Å²) in [7, 11) is 0. The molecule has 0 atom stereocenters. The Bertz CT molecular complexity index is 1210. The largest absolute Gasteiger partial charge is 0.493 e. The molecule has 1 aromatic carbocycles. The lowest BCUT2D eigenvalue weighted by Gasteiger charge is -2.32. The van der Waals surface area contributed by atoms with Gasteiger partial charge in [0.15, 0.2) is 5.82 Å². The van der Waals surface area contributed by atoms with E-state index in [1.54, 1.807) is 36.5 Å². The number of aromatic nitrogens is 3. The minimum absolute atomic E-state index is 0.0464. The van der Waals surface area contributed by atoms with Crippen LogP contribution in [0.5, 0.6) is 5.88 Å². The summed E-state index contributed by atoms with van der Waals surface area (Å²) in [6, 6.07) is 11.7. The van der Waals surface area contributed by atoms with Crippen LogP contribution in [0.4, 0.5) is 0 Å². The van der Waals surface area contributed by atoms with E-state index in [9.17, 15) is 9.90 Å². The van der Waals surface area contributed by atoms with Gasteiger partial charge in [0, 0.05) is 31.4 Å². The maximum absolute atomic E-state index is 12.7. The van der Waals surface area contributed by atoms with Gasteiger partial charge in [0.05, 0.1) is 29.0 Å². The van der Waals surface area contributed by atoms with Crippen molar-refractivity contribution in [1.82, 2.24) is 25.0 Å². The average molecular weight is 443 g/mol. The summed E-state index contributed by atoms with van der Waals surface area (Å²) in [6.45, 7) is 3.98. The number of amides is 1. The normalized spacial score (nSPS) is 17.0. The molecule has 1 saturated heterocycles. The molecule has 33 heavy (non-hydrogen) atoms. The molecule has 1 aliphatic heterocycles. The molecule has 1 aliphatic carbocycles. The zero-order valence-electron chi connectivity index (χ0n) is 18.5. The molecular weight excluding hydrogens is 416 g/mol. The predicted octanol–water partition coefficient (Wildman–Crippen LogP) is 3.18. The molecule has 2 N–H and O–H groups in total. The summed E-state index contributed by atoms with van der Waals surface area (Å²) >= 11 is 0. The van der Waals surface area contributed by atoms with Crippen LogP contribution in [0.2, 0.25) is 0 Å². The molecule has 0 spiro atoms. The SMILES string of the molecule is Cc1cc(C#N)ccc1-c1cnn(-c2ccc(C(=O)NC3CCN(C4CC4)CC3)cn2)c1O. The van der Waals surface area contributed by atoms with Crippen molar-refractivity contribution < 1.29 is 9.90 Å². The van der Waals surface area contributed by atoms with E-state index in [4.69, 9.17) is 5.26 Å². The maximum Gasteiger partial charge on any atom is 0.253 e. The van der Waals surface area contributed by atoms with Crippen LogP contribution in [0.3, 0.4) is 0 Å². The number of piperidine rings is 1. The lowest BCUT2D eigenvalue weighted by molar-refractivity contribution is 0.0908. The standard InChI is InChI=1S/C25H26N6O2/c1-16-12-17(13-26)2-6-21(16)22-15-28-31(25(22)33)23-7-3-18(14-27-23)24(32)29-19-8-10-30(11-9-19)20-4-5-20/h2-3,6-7,12,14-15,19-20,33H,4-5,8-11H2,1H3,(H,29,32). The van der Waals surface area contributed by atoms with Gasteiger partial charge in [-0.15, -0.1) is 0 Å². The van der Waals surface area contributed by atoms with E-state index >= 15 is 0 Å². The summed E-state index contributed by atoms with van der Waals surface area (Å²) in [6.07, 6.45) is 7.67. The number of benzene rings is 1. The Morgan fingerprint density at radius 1 is 1.12 bits per heavy atom. The van der Waals surface area contributed by atoms with Gasteiger partial charge in [-0.3, -0.25) is 4.79 Å². The number of carbonyl (C=O) groups excluding carboxylic acids is 1. The zero-order chi connectivity index (χ0) is 22.9. The van der Waals surface area contributed by atoms with Gasteiger partial charge < -0.3 is 15.3 Å². The molecule has 1 amide bonds. The van der Waals surface area contributed by atoms with Crippen LogP contribution < -0.4 is 5.32 Å². The molecule has 3 heterocycles. The van der Waals surface area contributed by atoms with Gasteiger partial charge in [0.1, 0.15) is 0 Å². The van der Waals surface area contributed by atoms with Crippen LogP contribution in [-0.4, -0.2) is 55.9 Å². The molecule has 1 saturated carbocycles. The van der Waals surface area contributed by atoms with Gasteiger partial charge in [-0.05, 0) is 68.0 Å². The van der Waals surface area contributed by atoms with Gasteiger partial charge in [-0.25, -0.2) is 4.98 Å². The summed E-state index contributed by atoms with van der Waals surface area (Å²) in [5, 5.41) is 27.2. The molecule has 5 rings (SSSR count). The minimum atomic E-state index is -0.127. The highest BCUT2D eigenvalue weighted by Crippen LogP contribution is 2.33. The van der Waals surface area contributed by atoms with Gasteiger partial charge in [0.25, 0.3) is 5.91 Å². The van der Waals surface area contributed by atoms with Crippen molar-refractivity contribution in [2.45, 2.75) is 44.7 Å². The van der Waals surface area contributed by atoms with Crippen molar-refractivity contribution in [1.29, 1.82) is 5.26 Å². The van der Waals surface area contributed by atoms with Crippen LogP contribution in [0, 0.1) is 18.3 Å². The van der Waals surface area contributed by atoms with Crippen LogP contribution in [0.1, 0.15) is 47.2 Å². The van der Waals surface area contributed by atoms with E-state index in [-0.39, 0.29) is 17.8 Å². The summed E-state index contributed by atoms with van der Waals surface area (Å²) in [5.74, 6) is 0.242. The van der Waals surface area contributed by atoms with E-state index in [1.807, 2.05) is 6.92 Å². The number of nitrogens with zero attached hydrogens (tertiary/aromatic N) is 5. The number of hydrogen-bond acceptors (Lipinski definition) is 6. The minimum Gasteiger partial charge on any atom is -0.493 e. The van der Waals surface area contributed by atoms with Crippen molar-refractivity contribution in [3.8, 4) is 28.9 Å². The highest BCUT2D eigenvalue weighted by Gasteiger charge is 2.32. The average Bonchev–Trinajstić information content (AvgIpc) is 3.62. The molecular formula is C25H26N6O2. The Morgan fingerprint density at radius 3 is 2.55 bits per heavy atom. The fourth-order valence-corrected chi connectivity index (χ4v) is 4.50. The van der Waals surface area contributed by atoms with Crippen LogP contribution in [0.25, 0.3) is 16.9 Å². The third-order valence-corrected chi connectivity index (χ3v) is 6.54. The van der Waals surface area contributed by atoms with E-state index in [1.165, 1.54) is 23.7 Å². The number of likely N-dealkylation sites (tertiary alicyclic amines) is 1. The van der Waals surface area contributed by atoms with E-state index in [2.05, 4.69) is 26.4 Å². The first kappa shape index (κ1) is 21.2. The van der Waals surface area contributed by atoms with Crippen molar-refractivity contribution in [3.05, 3.63) is 59.4 Å². The molecule has 2 fully saturated rings. The van der Waals surface area contributed by atoms with Crippen molar-refractivity contribution in [3.63, 3.8) is 0 Å². The Kier molecular flexibility index (Phi) is 5.56. The number of nitriles is 1. The van der Waals surface area contributed by atoms with Crippen LogP contribution in [-0.2, 0) is 0 Å². The lowest BCUT2D eigenvalue weighted by Crippen LogP contribution is -2.45. The maximum atomic E-state index is 12.7. The Labute approximate surface area is 192 Å². The molecule has 168 valence electrons. The van der Waals surface area contributed by atoms with E-state index in [0.29, 0.717) is 22.5 Å². The van der Waals surface area contributed by atoms with Crippen molar-refractivity contribution >= 4 is 5.91 Å². The highest BCUT2D eigenvalue weighted by atomic mass is 16.3. The number of hydrogen-bond donors (Lipinski definition) is 2. The van der Waals surface area contributed by atoms with Crippen molar-refractivity contribution in [2.75, 3.05) is 13.1 Å². The first-order valence-corrected chi connectivity index (χ1v) is 11.3. The van der Waals surface area contributed by atoms with Gasteiger partial charge >= 0.3 is 0 Å². The van der Waals surface area contributed by atoms with E-state index in [0.717, 1.165) is 43.1 Å². The second-order valence-electron chi connectivity index (χ2n) is 8.86. The van der Waals surface area contributed by atoms with Crippen molar-refractivity contribution in [2.24, 2.45) is 0 Å². The Balaban J connectivity index is 1.27. The zero-order valence-corrected chi connectivity index (χ0v) is 18.5. The highest BCUT2D eigenvalue weighted by molar-refractivity contribution is 5.94. The fourth-order valence-electron chi connectivity index (χ4n) is 4.50. The molecule has 0 unspecified atom stereocenters. The summed E-state index contributed by atoms with van der Waals surface area (Å²) in [5.41, 5.74) is 3.26. The molecule has 0 radical (unpaired) electrons. The number of pyridine rings is 1. The number of aromatic hydroxyl groups is 1. The number of rotatable bonds is 5. The second-order valence-corrected chi connectivity index (χ2v) is 8.86. The molecule has 2 aliphatic rings. The topological polar surface area (TPSA) is 107 Å². The molecule has 8 nitrogen and oxygen atoms in total. The third kappa shape index (κ3) is 4.32. The smallest absolute Gasteiger partial charge is 0.253 e. The molecule has 3 aromatic rings. The van der Waals surface area contributed by atoms with Gasteiger partial charge in [-0.2, -0.15) is 15.0 Å². The first-order chi connectivity index (χ1) is 16.0. The number of carbonyl (C=O) groups is 1. The monoisotopic (exact) mass is 442 g/mol. The van der Waals surface area contributed by atoms with Gasteiger partial charge in [-0.1, -0.05) is 6.07 Å². The molecule has 2 aromatic heterocycles. The number of aryl methyl sites for hydroxylation is 1. The number of nitrogens with one attached hydrogen (secondary N) is 1. The van der Waals surface area contributed by atoms with Gasteiger partial charge in [0.2, 0.25) is 5.88 Å². The van der Waals surface area contributed by atoms with E-state index < -0.39 is 0 Å². The Hall–Kier alpha value is -3.70. The lowest BCUT2D eigenvalue weighted by atomic mass is 10.0. The predicted molar refractivity (Wildman–Crippen MR) is 123 cm³/mol. The first-order valence-electron chi connectivity index (χ1n) is 11.3. The quantitative estimate of drug-likeness (QED) is 0.629. The van der Waals surface area contributed by atoms with Crippen LogP contribution >= 0.6 is 0 Å². The van der Waals surface area contributed by atoms with Crippen LogP contribution in [0.15, 0.2) is 42.7 Å².